The summed E-state index contributed by atoms with van der Waals surface area (Å²) in [4.78, 5) is 14.4. The number of rotatable bonds is 3. The average molecular weight is 291 g/mol. The number of hydrogen-bond acceptors (Lipinski definition) is 3. The summed E-state index contributed by atoms with van der Waals surface area (Å²) in [6.07, 6.45) is 2.38. The summed E-state index contributed by atoms with van der Waals surface area (Å²) in [7, 11) is 0. The lowest BCUT2D eigenvalue weighted by Gasteiger charge is -2.09. The minimum atomic E-state index is 0.100. The predicted molar refractivity (Wildman–Crippen MR) is 58.1 cm³/mol. The maximum atomic E-state index is 10.4. The first-order chi connectivity index (χ1) is 6.13. The molecule has 0 saturated heterocycles. The first-order valence-electron chi connectivity index (χ1n) is 3.91. The van der Waals surface area contributed by atoms with Crippen molar-refractivity contribution in [2.45, 2.75) is 20.0 Å². The molecule has 0 aromatic carbocycles. The van der Waals surface area contributed by atoms with Crippen LogP contribution in [0.1, 0.15) is 24.2 Å². The van der Waals surface area contributed by atoms with Crippen LogP contribution in [0.15, 0.2) is 12.3 Å². The summed E-state index contributed by atoms with van der Waals surface area (Å²) in [6, 6.07) is 1.75. The van der Waals surface area contributed by atoms with Gasteiger partial charge >= 0.3 is 0 Å². The molecule has 0 atom stereocenters. The summed E-state index contributed by atoms with van der Waals surface area (Å²) in [6.45, 7) is 3.87. The second-order valence-electron chi connectivity index (χ2n) is 2.84. The van der Waals surface area contributed by atoms with Gasteiger partial charge in [-0.15, -0.1) is 0 Å². The van der Waals surface area contributed by atoms with Crippen molar-refractivity contribution < 1.29 is 9.53 Å². The number of nitrogens with zero attached hydrogens (tertiary/aromatic N) is 1. The molecule has 70 valence electrons. The Morgan fingerprint density at radius 3 is 2.77 bits per heavy atom. The van der Waals surface area contributed by atoms with Gasteiger partial charge in [0, 0.05) is 11.8 Å². The Bertz CT molecular complexity index is 312. The van der Waals surface area contributed by atoms with Gasteiger partial charge in [0.05, 0.1) is 9.67 Å². The smallest absolute Gasteiger partial charge is 0.227 e. The van der Waals surface area contributed by atoms with E-state index in [9.17, 15) is 4.79 Å². The molecule has 0 fully saturated rings. The van der Waals surface area contributed by atoms with Gasteiger partial charge in [0.1, 0.15) is 0 Å². The Labute approximate surface area is 90.6 Å². The van der Waals surface area contributed by atoms with Crippen LogP contribution in [-0.4, -0.2) is 17.4 Å². The molecular formula is C9H10INO2. The van der Waals surface area contributed by atoms with Gasteiger partial charge in [0.15, 0.2) is 6.29 Å². The largest absolute Gasteiger partial charge is 0.474 e. The van der Waals surface area contributed by atoms with Crippen molar-refractivity contribution in [3.05, 3.63) is 21.4 Å². The molecule has 0 radical (unpaired) electrons. The number of aromatic nitrogens is 1. The van der Waals surface area contributed by atoms with Crippen molar-refractivity contribution in [3.8, 4) is 5.88 Å². The van der Waals surface area contributed by atoms with E-state index in [1.54, 1.807) is 6.07 Å². The van der Waals surface area contributed by atoms with Crippen LogP contribution >= 0.6 is 22.6 Å². The summed E-state index contributed by atoms with van der Waals surface area (Å²) < 4.78 is 6.27. The molecule has 1 heterocycles. The molecule has 4 heteroatoms. The minimum Gasteiger partial charge on any atom is -0.474 e. The number of halogens is 1. The Morgan fingerprint density at radius 1 is 1.62 bits per heavy atom. The van der Waals surface area contributed by atoms with Crippen LogP contribution in [0.5, 0.6) is 5.88 Å². The number of pyridine rings is 1. The molecule has 13 heavy (non-hydrogen) atoms. The molecule has 0 bridgehead atoms. The lowest BCUT2D eigenvalue weighted by atomic mass is 10.3. The molecule has 1 aromatic rings. The van der Waals surface area contributed by atoms with E-state index in [2.05, 4.69) is 27.6 Å². The number of carbonyl (C=O) groups excluding carboxylic acids is 1. The number of ether oxygens (including phenoxy) is 1. The first kappa shape index (κ1) is 10.4. The van der Waals surface area contributed by atoms with Crippen molar-refractivity contribution in [1.82, 2.24) is 4.98 Å². The van der Waals surface area contributed by atoms with Crippen LogP contribution in [0, 0.1) is 3.57 Å². The Kier molecular flexibility index (Phi) is 3.65. The van der Waals surface area contributed by atoms with Gasteiger partial charge in [-0.25, -0.2) is 4.98 Å². The van der Waals surface area contributed by atoms with Gasteiger partial charge in [0.2, 0.25) is 5.88 Å². The molecule has 1 aromatic heterocycles. The Balaban J connectivity index is 2.91. The van der Waals surface area contributed by atoms with E-state index in [0.717, 1.165) is 9.86 Å². The fourth-order valence-electron chi connectivity index (χ4n) is 0.815. The van der Waals surface area contributed by atoms with Gasteiger partial charge in [-0.2, -0.15) is 0 Å². The molecule has 0 amide bonds. The topological polar surface area (TPSA) is 39.2 Å². The van der Waals surface area contributed by atoms with E-state index < -0.39 is 0 Å². The number of hydrogen-bond donors (Lipinski definition) is 0. The number of aldehydes is 1. The fraction of sp³-hybridized carbons (Fsp3) is 0.333. The standard InChI is InChI=1S/C9H10INO2/c1-6(2)13-9-8(10)3-7(5-12)4-11-9/h3-6H,1-2H3. The van der Waals surface area contributed by atoms with Crippen molar-refractivity contribution in [2.24, 2.45) is 0 Å². The predicted octanol–water partition coefficient (Wildman–Crippen LogP) is 2.29. The van der Waals surface area contributed by atoms with Crippen molar-refractivity contribution in [3.63, 3.8) is 0 Å². The van der Waals surface area contributed by atoms with Gasteiger partial charge in [0.25, 0.3) is 0 Å². The maximum Gasteiger partial charge on any atom is 0.227 e. The maximum absolute atomic E-state index is 10.4. The van der Waals surface area contributed by atoms with Crippen molar-refractivity contribution in [2.75, 3.05) is 0 Å². The molecule has 0 unspecified atom stereocenters. The zero-order valence-corrected chi connectivity index (χ0v) is 9.61. The number of carbonyl (C=O) groups is 1. The van der Waals surface area contributed by atoms with Gasteiger partial charge in [-0.1, -0.05) is 0 Å². The van der Waals surface area contributed by atoms with Crippen LogP contribution in [0.4, 0.5) is 0 Å². The normalized spacial score (nSPS) is 10.2. The average Bonchev–Trinajstić information content (AvgIpc) is 2.08. The van der Waals surface area contributed by atoms with Crippen molar-refractivity contribution >= 4 is 28.9 Å². The monoisotopic (exact) mass is 291 g/mol. The van der Waals surface area contributed by atoms with Crippen LogP contribution in [0.2, 0.25) is 0 Å². The van der Waals surface area contributed by atoms with Crippen LogP contribution in [-0.2, 0) is 0 Å². The molecular weight excluding hydrogens is 281 g/mol. The van der Waals surface area contributed by atoms with Gasteiger partial charge in [-0.05, 0) is 42.5 Å². The first-order valence-corrected chi connectivity index (χ1v) is 4.98. The van der Waals surface area contributed by atoms with E-state index in [4.69, 9.17) is 4.74 Å². The van der Waals surface area contributed by atoms with Crippen LogP contribution in [0.25, 0.3) is 0 Å². The zero-order valence-electron chi connectivity index (χ0n) is 7.45. The van der Waals surface area contributed by atoms with E-state index >= 15 is 0 Å². The molecule has 0 aliphatic heterocycles. The van der Waals surface area contributed by atoms with E-state index in [0.29, 0.717) is 11.4 Å². The Hall–Kier alpha value is -0.650. The minimum absolute atomic E-state index is 0.100. The van der Waals surface area contributed by atoms with Crippen molar-refractivity contribution in [1.29, 1.82) is 0 Å². The summed E-state index contributed by atoms with van der Waals surface area (Å²) in [5.74, 6) is 0.584. The third-order valence-corrected chi connectivity index (χ3v) is 2.08. The lowest BCUT2D eigenvalue weighted by molar-refractivity contribution is 0.112. The molecule has 1 rings (SSSR count). The van der Waals surface area contributed by atoms with Crippen LogP contribution in [0.3, 0.4) is 0 Å². The molecule has 0 N–H and O–H groups in total. The molecule has 0 aliphatic rings. The second-order valence-corrected chi connectivity index (χ2v) is 4.00. The second kappa shape index (κ2) is 4.55. The Morgan fingerprint density at radius 2 is 2.31 bits per heavy atom. The van der Waals surface area contributed by atoms with Gasteiger partial charge < -0.3 is 4.74 Å². The summed E-state index contributed by atoms with van der Waals surface area (Å²) >= 11 is 2.10. The quantitative estimate of drug-likeness (QED) is 0.633. The van der Waals surface area contributed by atoms with E-state index in [1.165, 1.54) is 6.20 Å². The fourth-order valence-corrected chi connectivity index (χ4v) is 1.44. The molecule has 3 nitrogen and oxygen atoms in total. The zero-order chi connectivity index (χ0) is 9.84. The third-order valence-electron chi connectivity index (χ3n) is 1.31. The van der Waals surface area contributed by atoms with E-state index in [-0.39, 0.29) is 6.10 Å². The SMILES string of the molecule is CC(C)Oc1ncc(C=O)cc1I. The molecule has 0 aliphatic carbocycles. The molecule has 0 saturated carbocycles. The van der Waals surface area contributed by atoms with Gasteiger partial charge in [-0.3, -0.25) is 4.79 Å². The summed E-state index contributed by atoms with van der Waals surface area (Å²) in [5.41, 5.74) is 0.570. The third kappa shape index (κ3) is 2.95. The highest BCUT2D eigenvalue weighted by atomic mass is 127. The lowest BCUT2D eigenvalue weighted by Crippen LogP contribution is -2.08. The highest BCUT2D eigenvalue weighted by Crippen LogP contribution is 2.19. The summed E-state index contributed by atoms with van der Waals surface area (Å²) in [5, 5.41) is 0. The van der Waals surface area contributed by atoms with Crippen LogP contribution < -0.4 is 4.74 Å². The molecule has 0 spiro atoms. The van der Waals surface area contributed by atoms with E-state index in [1.807, 2.05) is 13.8 Å². The highest BCUT2D eigenvalue weighted by molar-refractivity contribution is 14.1. The highest BCUT2D eigenvalue weighted by Gasteiger charge is 2.05.